The molecule has 5 nitrogen and oxygen atoms in total. The van der Waals surface area contributed by atoms with Crippen molar-refractivity contribution >= 4 is 11.8 Å². The highest BCUT2D eigenvalue weighted by molar-refractivity contribution is 5.87. The normalized spacial score (nSPS) is 31.5. The Morgan fingerprint density at radius 1 is 1.47 bits per heavy atom. The van der Waals surface area contributed by atoms with Crippen molar-refractivity contribution in [2.45, 2.75) is 25.3 Å². The van der Waals surface area contributed by atoms with E-state index in [1.54, 1.807) is 4.90 Å². The molecule has 15 heavy (non-hydrogen) atoms. The van der Waals surface area contributed by atoms with Crippen LogP contribution in [0.15, 0.2) is 0 Å². The maximum atomic E-state index is 12.0. The van der Waals surface area contributed by atoms with Gasteiger partial charge in [0.15, 0.2) is 0 Å². The first-order chi connectivity index (χ1) is 7.16. The molecule has 2 fully saturated rings. The lowest BCUT2D eigenvalue weighted by atomic mass is 10.1. The average molecular weight is 211 g/mol. The predicted molar refractivity (Wildman–Crippen MR) is 54.9 cm³/mol. The molecule has 5 heteroatoms. The minimum Gasteiger partial charge on any atom is -0.353 e. The molecule has 2 rings (SSSR count). The Kier molecular flexibility index (Phi) is 2.90. The number of amides is 2. The molecule has 1 saturated carbocycles. The number of carbonyl (C=O) groups excluding carboxylic acids is 2. The fraction of sp³-hybridized carbons (Fsp3) is 0.800. The van der Waals surface area contributed by atoms with Crippen LogP contribution in [0.5, 0.6) is 0 Å². The van der Waals surface area contributed by atoms with Gasteiger partial charge in [0.25, 0.3) is 0 Å². The number of nitrogens with two attached hydrogens (primary N) is 1. The Morgan fingerprint density at radius 3 is 2.87 bits per heavy atom. The van der Waals surface area contributed by atoms with Crippen LogP contribution in [0.3, 0.4) is 0 Å². The van der Waals surface area contributed by atoms with Crippen LogP contribution in [0.1, 0.15) is 19.3 Å². The van der Waals surface area contributed by atoms with Gasteiger partial charge in [0.2, 0.25) is 11.8 Å². The number of carbonyl (C=O) groups is 2. The van der Waals surface area contributed by atoms with Gasteiger partial charge in [-0.3, -0.25) is 9.59 Å². The molecule has 1 saturated heterocycles. The second kappa shape index (κ2) is 4.18. The summed E-state index contributed by atoms with van der Waals surface area (Å²) in [6, 6.07) is 0.164. The first-order valence-corrected chi connectivity index (χ1v) is 5.48. The fourth-order valence-corrected chi connectivity index (χ4v) is 2.33. The Bertz CT molecular complexity index is 280. The highest BCUT2D eigenvalue weighted by Gasteiger charge is 2.32. The van der Waals surface area contributed by atoms with E-state index < -0.39 is 0 Å². The zero-order valence-electron chi connectivity index (χ0n) is 8.74. The van der Waals surface area contributed by atoms with Gasteiger partial charge >= 0.3 is 0 Å². The van der Waals surface area contributed by atoms with Crippen molar-refractivity contribution in [2.24, 2.45) is 11.7 Å². The smallest absolute Gasteiger partial charge is 0.239 e. The van der Waals surface area contributed by atoms with Gasteiger partial charge in [-0.1, -0.05) is 0 Å². The van der Waals surface area contributed by atoms with E-state index >= 15 is 0 Å². The quantitative estimate of drug-likeness (QED) is 0.588. The minimum absolute atomic E-state index is 0.0471. The van der Waals surface area contributed by atoms with Crippen molar-refractivity contribution in [3.8, 4) is 0 Å². The maximum absolute atomic E-state index is 12.0. The van der Waals surface area contributed by atoms with E-state index in [-0.39, 0.29) is 30.3 Å². The van der Waals surface area contributed by atoms with Crippen LogP contribution < -0.4 is 11.1 Å². The Balaban J connectivity index is 1.92. The third-order valence-electron chi connectivity index (χ3n) is 3.17. The predicted octanol–water partition coefficient (Wildman–Crippen LogP) is -0.928. The molecule has 2 aliphatic rings. The summed E-state index contributed by atoms with van der Waals surface area (Å²) < 4.78 is 0. The summed E-state index contributed by atoms with van der Waals surface area (Å²) in [7, 11) is 0. The molecule has 0 bridgehead atoms. The molecule has 84 valence electrons. The van der Waals surface area contributed by atoms with Crippen molar-refractivity contribution < 1.29 is 9.59 Å². The van der Waals surface area contributed by atoms with Gasteiger partial charge in [-0.25, -0.2) is 0 Å². The number of nitrogens with zero attached hydrogens (tertiary/aromatic N) is 1. The van der Waals surface area contributed by atoms with Gasteiger partial charge < -0.3 is 16.0 Å². The summed E-state index contributed by atoms with van der Waals surface area (Å²) in [6.45, 7) is 1.42. The minimum atomic E-state index is -0.0584. The van der Waals surface area contributed by atoms with Gasteiger partial charge in [0.1, 0.15) is 0 Å². The average Bonchev–Trinajstić information content (AvgIpc) is 2.64. The lowest BCUT2D eigenvalue weighted by molar-refractivity contribution is -0.141. The van der Waals surface area contributed by atoms with Crippen LogP contribution in [0.25, 0.3) is 0 Å². The molecule has 1 heterocycles. The second-order valence-electron chi connectivity index (χ2n) is 4.38. The third kappa shape index (κ3) is 2.28. The van der Waals surface area contributed by atoms with Gasteiger partial charge in [0.05, 0.1) is 6.54 Å². The number of piperazine rings is 1. The molecule has 1 aliphatic carbocycles. The molecule has 2 amide bonds. The molecule has 0 aromatic rings. The van der Waals surface area contributed by atoms with E-state index in [4.69, 9.17) is 5.73 Å². The summed E-state index contributed by atoms with van der Waals surface area (Å²) in [5.74, 6) is 0.0978. The van der Waals surface area contributed by atoms with Crippen LogP contribution >= 0.6 is 0 Å². The van der Waals surface area contributed by atoms with E-state index in [0.717, 1.165) is 19.3 Å². The van der Waals surface area contributed by atoms with E-state index in [1.165, 1.54) is 0 Å². The fourth-order valence-electron chi connectivity index (χ4n) is 2.33. The highest BCUT2D eigenvalue weighted by atomic mass is 16.2. The second-order valence-corrected chi connectivity index (χ2v) is 4.38. The number of hydrogen-bond acceptors (Lipinski definition) is 3. The van der Waals surface area contributed by atoms with E-state index in [0.29, 0.717) is 13.1 Å². The van der Waals surface area contributed by atoms with Crippen LogP contribution in [-0.2, 0) is 9.59 Å². The molecule has 1 aliphatic heterocycles. The summed E-state index contributed by atoms with van der Waals surface area (Å²) >= 11 is 0. The summed E-state index contributed by atoms with van der Waals surface area (Å²) in [4.78, 5) is 24.8. The maximum Gasteiger partial charge on any atom is 0.239 e. The van der Waals surface area contributed by atoms with Gasteiger partial charge in [0, 0.05) is 25.0 Å². The molecule has 0 radical (unpaired) electrons. The van der Waals surface area contributed by atoms with Crippen LogP contribution in [0.2, 0.25) is 0 Å². The molecule has 0 aromatic carbocycles. The van der Waals surface area contributed by atoms with Crippen molar-refractivity contribution in [1.29, 1.82) is 0 Å². The van der Waals surface area contributed by atoms with E-state index in [1.807, 2.05) is 0 Å². The van der Waals surface area contributed by atoms with Crippen molar-refractivity contribution in [2.75, 3.05) is 19.6 Å². The molecule has 2 atom stereocenters. The zero-order chi connectivity index (χ0) is 10.8. The molecule has 0 aromatic heterocycles. The first kappa shape index (κ1) is 10.4. The van der Waals surface area contributed by atoms with Crippen molar-refractivity contribution in [1.82, 2.24) is 10.2 Å². The molecule has 0 spiro atoms. The van der Waals surface area contributed by atoms with Gasteiger partial charge in [-0.15, -0.1) is 0 Å². The van der Waals surface area contributed by atoms with Crippen LogP contribution in [0.4, 0.5) is 0 Å². The molecular weight excluding hydrogens is 194 g/mol. The summed E-state index contributed by atoms with van der Waals surface area (Å²) in [5, 5.41) is 2.71. The molecular formula is C10H17N3O2. The highest BCUT2D eigenvalue weighted by Crippen LogP contribution is 2.26. The van der Waals surface area contributed by atoms with Gasteiger partial charge in [-0.2, -0.15) is 0 Å². The lowest BCUT2D eigenvalue weighted by Gasteiger charge is -2.28. The van der Waals surface area contributed by atoms with Crippen LogP contribution in [-0.4, -0.2) is 42.4 Å². The third-order valence-corrected chi connectivity index (χ3v) is 3.17. The SMILES string of the molecule is NC1CCC(C(=O)N2CCNC(=O)C2)C1. The van der Waals surface area contributed by atoms with E-state index in [9.17, 15) is 9.59 Å². The topological polar surface area (TPSA) is 75.4 Å². The Morgan fingerprint density at radius 2 is 2.27 bits per heavy atom. The zero-order valence-corrected chi connectivity index (χ0v) is 8.74. The Labute approximate surface area is 89.0 Å². The standard InChI is InChI=1S/C10H17N3O2/c11-8-2-1-7(5-8)10(15)13-4-3-12-9(14)6-13/h7-8H,1-6,11H2,(H,12,14). The number of rotatable bonds is 1. The number of nitrogens with one attached hydrogen (secondary N) is 1. The largest absolute Gasteiger partial charge is 0.353 e. The summed E-state index contributed by atoms with van der Waals surface area (Å²) in [6.07, 6.45) is 2.57. The van der Waals surface area contributed by atoms with Gasteiger partial charge in [-0.05, 0) is 19.3 Å². The van der Waals surface area contributed by atoms with Crippen LogP contribution in [0, 0.1) is 5.92 Å². The van der Waals surface area contributed by atoms with Crippen molar-refractivity contribution in [3.05, 3.63) is 0 Å². The number of hydrogen-bond donors (Lipinski definition) is 2. The van der Waals surface area contributed by atoms with Crippen molar-refractivity contribution in [3.63, 3.8) is 0 Å². The monoisotopic (exact) mass is 211 g/mol. The summed E-state index contributed by atoms with van der Waals surface area (Å²) in [5.41, 5.74) is 5.77. The first-order valence-electron chi connectivity index (χ1n) is 5.48. The molecule has 2 unspecified atom stereocenters. The van der Waals surface area contributed by atoms with E-state index in [2.05, 4.69) is 5.32 Å². The molecule has 3 N–H and O–H groups in total. The Hall–Kier alpha value is -1.10. The lowest BCUT2D eigenvalue weighted by Crippen LogP contribution is -2.51.